The number of thioether (sulfide) groups is 1. The van der Waals surface area contributed by atoms with Crippen LogP contribution in [0.2, 0.25) is 0 Å². The van der Waals surface area contributed by atoms with E-state index < -0.39 is 0 Å². The number of benzene rings is 2. The van der Waals surface area contributed by atoms with Gasteiger partial charge in [-0.15, -0.1) is 0 Å². The van der Waals surface area contributed by atoms with Crippen LogP contribution in [-0.2, 0) is 11.2 Å². The molecule has 29 heavy (non-hydrogen) atoms. The maximum absolute atomic E-state index is 12.7. The van der Waals surface area contributed by atoms with Crippen molar-refractivity contribution in [2.45, 2.75) is 30.7 Å². The fourth-order valence-electron chi connectivity index (χ4n) is 2.85. The number of hydrogen-bond acceptors (Lipinski definition) is 5. The van der Waals surface area contributed by atoms with Crippen molar-refractivity contribution in [3.05, 3.63) is 65.5 Å². The fraction of sp³-hybridized carbons (Fsp3) is 0.273. The Kier molecular flexibility index (Phi) is 6.82. The average Bonchev–Trinajstić information content (AvgIpc) is 3.07. The molecule has 7 heteroatoms. The number of aromatic nitrogens is 2. The molecule has 1 amide bonds. The van der Waals surface area contributed by atoms with Gasteiger partial charge in [-0.3, -0.25) is 4.79 Å². The second-order valence-electron chi connectivity index (χ2n) is 6.59. The molecule has 0 saturated heterocycles. The van der Waals surface area contributed by atoms with Gasteiger partial charge in [0.25, 0.3) is 0 Å². The van der Waals surface area contributed by atoms with Gasteiger partial charge in [0.05, 0.1) is 30.9 Å². The third-order valence-corrected chi connectivity index (χ3v) is 5.48. The highest BCUT2D eigenvalue weighted by atomic mass is 32.2. The lowest BCUT2D eigenvalue weighted by atomic mass is 10.1. The first-order valence-electron chi connectivity index (χ1n) is 9.29. The lowest BCUT2D eigenvalue weighted by molar-refractivity contribution is -0.115. The highest BCUT2D eigenvalue weighted by Gasteiger charge is 2.19. The zero-order valence-electron chi connectivity index (χ0n) is 17.0. The van der Waals surface area contributed by atoms with Crippen molar-refractivity contribution in [3.8, 4) is 11.5 Å². The number of nitrogens with zero attached hydrogens (tertiary/aromatic N) is 1. The molecule has 152 valence electrons. The number of rotatable bonds is 8. The maximum atomic E-state index is 12.7. The number of carbonyl (C=O) groups is 1. The van der Waals surface area contributed by atoms with Gasteiger partial charge in [0.2, 0.25) is 5.91 Å². The van der Waals surface area contributed by atoms with Crippen LogP contribution in [0.5, 0.6) is 11.5 Å². The van der Waals surface area contributed by atoms with E-state index in [0.717, 1.165) is 23.0 Å². The molecule has 0 aliphatic carbocycles. The largest absolute Gasteiger partial charge is 0.497 e. The minimum absolute atomic E-state index is 0.139. The molecule has 2 aromatic carbocycles. The molecule has 1 aromatic heterocycles. The topological polar surface area (TPSA) is 76.2 Å². The molecule has 0 aliphatic rings. The van der Waals surface area contributed by atoms with E-state index in [9.17, 15) is 4.79 Å². The molecular formula is C22H25N3O3S. The Balaban J connectivity index is 1.66. The molecular weight excluding hydrogens is 386 g/mol. The maximum Gasteiger partial charge on any atom is 0.237 e. The van der Waals surface area contributed by atoms with Crippen LogP contribution in [0.3, 0.4) is 0 Å². The minimum atomic E-state index is -0.346. The van der Waals surface area contributed by atoms with Crippen LogP contribution in [0.1, 0.15) is 23.9 Å². The Morgan fingerprint density at radius 2 is 1.93 bits per heavy atom. The van der Waals surface area contributed by atoms with Crippen molar-refractivity contribution in [1.82, 2.24) is 9.97 Å². The highest BCUT2D eigenvalue weighted by Crippen LogP contribution is 2.30. The fourth-order valence-corrected chi connectivity index (χ4v) is 3.73. The summed E-state index contributed by atoms with van der Waals surface area (Å²) in [5.41, 5.74) is 3.78. The van der Waals surface area contributed by atoms with E-state index in [4.69, 9.17) is 9.47 Å². The number of hydrogen-bond donors (Lipinski definition) is 2. The summed E-state index contributed by atoms with van der Waals surface area (Å²) in [5.74, 6) is 1.09. The van der Waals surface area contributed by atoms with Crippen LogP contribution < -0.4 is 14.8 Å². The molecule has 0 aliphatic heterocycles. The first-order chi connectivity index (χ1) is 14.0. The molecule has 0 bridgehead atoms. The number of aromatic amines is 1. The van der Waals surface area contributed by atoms with E-state index in [1.807, 2.05) is 32.0 Å². The smallest absolute Gasteiger partial charge is 0.237 e. The Hall–Kier alpha value is -2.93. The molecule has 0 spiro atoms. The van der Waals surface area contributed by atoms with Crippen molar-refractivity contribution in [2.24, 2.45) is 0 Å². The Bertz CT molecular complexity index is 973. The van der Waals surface area contributed by atoms with E-state index in [1.54, 1.807) is 32.4 Å². The van der Waals surface area contributed by atoms with Crippen LogP contribution in [0.4, 0.5) is 5.69 Å². The van der Waals surface area contributed by atoms with Gasteiger partial charge in [0, 0.05) is 18.2 Å². The molecule has 0 fully saturated rings. The van der Waals surface area contributed by atoms with E-state index in [1.165, 1.54) is 17.3 Å². The summed E-state index contributed by atoms with van der Waals surface area (Å²) in [6.07, 6.45) is 0.755. The molecule has 1 heterocycles. The van der Waals surface area contributed by atoms with Gasteiger partial charge in [0.1, 0.15) is 11.5 Å². The van der Waals surface area contributed by atoms with Gasteiger partial charge >= 0.3 is 0 Å². The van der Waals surface area contributed by atoms with Gasteiger partial charge < -0.3 is 19.8 Å². The molecule has 0 saturated carbocycles. The number of anilines is 1. The van der Waals surface area contributed by atoms with Crippen molar-refractivity contribution >= 4 is 23.4 Å². The highest BCUT2D eigenvalue weighted by molar-refractivity contribution is 8.00. The zero-order valence-corrected chi connectivity index (χ0v) is 17.8. The Labute approximate surface area is 175 Å². The second kappa shape index (κ2) is 9.52. The van der Waals surface area contributed by atoms with Crippen LogP contribution in [-0.4, -0.2) is 35.3 Å². The number of nitrogens with one attached hydrogen (secondary N) is 2. The van der Waals surface area contributed by atoms with Gasteiger partial charge in [-0.2, -0.15) is 0 Å². The number of imidazole rings is 1. The van der Waals surface area contributed by atoms with Crippen LogP contribution >= 0.6 is 11.8 Å². The molecule has 0 radical (unpaired) electrons. The number of methoxy groups -OCH3 is 2. The average molecular weight is 412 g/mol. The third kappa shape index (κ3) is 5.32. The summed E-state index contributed by atoms with van der Waals surface area (Å²) < 4.78 is 10.6. The normalized spacial score (nSPS) is 11.7. The zero-order chi connectivity index (χ0) is 20.8. The summed E-state index contributed by atoms with van der Waals surface area (Å²) in [6, 6.07) is 15.5. The van der Waals surface area contributed by atoms with E-state index in [2.05, 4.69) is 27.4 Å². The second-order valence-corrected chi connectivity index (χ2v) is 7.92. The quantitative estimate of drug-likeness (QED) is 0.536. The third-order valence-electron chi connectivity index (χ3n) is 4.50. The van der Waals surface area contributed by atoms with Crippen molar-refractivity contribution in [2.75, 3.05) is 19.5 Å². The summed E-state index contributed by atoms with van der Waals surface area (Å²) in [4.78, 5) is 20.7. The molecule has 2 N–H and O–H groups in total. The Morgan fingerprint density at radius 3 is 2.62 bits per heavy atom. The van der Waals surface area contributed by atoms with Gasteiger partial charge in [-0.1, -0.05) is 42.1 Å². The number of carbonyl (C=O) groups excluding carboxylic acids is 1. The predicted molar refractivity (Wildman–Crippen MR) is 116 cm³/mol. The van der Waals surface area contributed by atoms with Crippen LogP contribution in [0.15, 0.2) is 53.7 Å². The molecule has 6 nitrogen and oxygen atoms in total. The van der Waals surface area contributed by atoms with Gasteiger partial charge in [-0.05, 0) is 31.5 Å². The Morgan fingerprint density at radius 1 is 1.17 bits per heavy atom. The summed E-state index contributed by atoms with van der Waals surface area (Å²) in [5, 5.41) is 3.30. The van der Waals surface area contributed by atoms with Gasteiger partial charge in [-0.25, -0.2) is 4.98 Å². The summed E-state index contributed by atoms with van der Waals surface area (Å²) in [7, 11) is 3.15. The van der Waals surface area contributed by atoms with Crippen LogP contribution in [0, 0.1) is 6.92 Å². The van der Waals surface area contributed by atoms with E-state index in [0.29, 0.717) is 17.2 Å². The lowest BCUT2D eigenvalue weighted by Gasteiger charge is -2.14. The molecule has 1 atom stereocenters. The lowest BCUT2D eigenvalue weighted by Crippen LogP contribution is -2.22. The molecule has 3 aromatic rings. The minimum Gasteiger partial charge on any atom is -0.497 e. The monoisotopic (exact) mass is 411 g/mol. The first kappa shape index (κ1) is 20.8. The van der Waals surface area contributed by atoms with Crippen molar-refractivity contribution in [3.63, 3.8) is 0 Å². The number of aryl methyl sites for hydroxylation is 1. The van der Waals surface area contributed by atoms with Gasteiger partial charge in [0.15, 0.2) is 5.16 Å². The SMILES string of the molecule is COc1ccc(OC)c(NC(=O)[C@H](C)Sc2nc(Cc3ccccc3)c(C)[nH]2)c1. The van der Waals surface area contributed by atoms with E-state index >= 15 is 0 Å². The number of H-pyrrole nitrogens is 1. The van der Waals surface area contributed by atoms with Crippen LogP contribution in [0.25, 0.3) is 0 Å². The van der Waals surface area contributed by atoms with Crippen molar-refractivity contribution < 1.29 is 14.3 Å². The predicted octanol–water partition coefficient (Wildman–Crippen LogP) is 4.45. The van der Waals surface area contributed by atoms with Crippen molar-refractivity contribution in [1.29, 1.82) is 0 Å². The number of ether oxygens (including phenoxy) is 2. The standard InChI is InChI=1S/C22H25N3O3S/c1-14-18(12-16-8-6-5-7-9-16)25-22(23-14)29-15(2)21(26)24-19-13-17(27-3)10-11-20(19)28-4/h5-11,13,15H,12H2,1-4H3,(H,23,25)(H,24,26)/t15-/m0/s1. The molecule has 3 rings (SSSR count). The number of amides is 1. The first-order valence-corrected chi connectivity index (χ1v) is 10.2. The molecule has 0 unspecified atom stereocenters. The van der Waals surface area contributed by atoms with E-state index in [-0.39, 0.29) is 11.2 Å². The summed E-state index contributed by atoms with van der Waals surface area (Å²) >= 11 is 1.39. The summed E-state index contributed by atoms with van der Waals surface area (Å²) in [6.45, 7) is 3.85.